The van der Waals surface area contributed by atoms with Gasteiger partial charge in [-0.2, -0.15) is 0 Å². The molecule has 5 heteroatoms. The van der Waals surface area contributed by atoms with Crippen LogP contribution in [0.3, 0.4) is 0 Å². The zero-order chi connectivity index (χ0) is 12.9. The van der Waals surface area contributed by atoms with Crippen LogP contribution < -0.4 is 5.32 Å². The number of hydrogen-bond donors (Lipinski definition) is 1. The van der Waals surface area contributed by atoms with Crippen molar-refractivity contribution in [2.75, 3.05) is 6.54 Å². The lowest BCUT2D eigenvalue weighted by molar-refractivity contribution is -0.163. The van der Waals surface area contributed by atoms with Crippen molar-refractivity contribution < 1.29 is 14.3 Å². The maximum atomic E-state index is 11.4. The standard InChI is InChI=1S/C12H17NO3S/c1-12(2,3)16-11(15)10(14)13-7-6-9-5-4-8-17-9/h4-5,8H,6-7H2,1-3H3,(H,13,14). The van der Waals surface area contributed by atoms with E-state index in [1.54, 1.807) is 32.1 Å². The molecule has 0 unspecified atom stereocenters. The summed E-state index contributed by atoms with van der Waals surface area (Å²) in [6.45, 7) is 5.62. The van der Waals surface area contributed by atoms with Gasteiger partial charge >= 0.3 is 11.9 Å². The minimum atomic E-state index is -0.830. The summed E-state index contributed by atoms with van der Waals surface area (Å²) in [6, 6.07) is 3.94. The fourth-order valence-electron chi connectivity index (χ4n) is 1.15. The molecule has 0 fully saturated rings. The largest absolute Gasteiger partial charge is 0.453 e. The summed E-state index contributed by atoms with van der Waals surface area (Å²) in [5.74, 6) is -1.51. The lowest BCUT2D eigenvalue weighted by atomic mass is 10.2. The van der Waals surface area contributed by atoms with Gasteiger partial charge < -0.3 is 10.1 Å². The summed E-state index contributed by atoms with van der Waals surface area (Å²) in [5, 5.41) is 4.51. The van der Waals surface area contributed by atoms with E-state index in [1.807, 2.05) is 17.5 Å². The molecule has 0 saturated heterocycles. The lowest BCUT2D eigenvalue weighted by Crippen LogP contribution is -2.37. The Hall–Kier alpha value is -1.36. The number of thiophene rings is 1. The van der Waals surface area contributed by atoms with Gasteiger partial charge in [-0.25, -0.2) is 4.79 Å². The van der Waals surface area contributed by atoms with Crippen LogP contribution in [0, 0.1) is 0 Å². The van der Waals surface area contributed by atoms with Gasteiger partial charge in [0.1, 0.15) is 5.60 Å². The molecule has 17 heavy (non-hydrogen) atoms. The van der Waals surface area contributed by atoms with Crippen LogP contribution in [0.15, 0.2) is 17.5 Å². The van der Waals surface area contributed by atoms with Crippen LogP contribution in [0.4, 0.5) is 0 Å². The average molecular weight is 255 g/mol. The lowest BCUT2D eigenvalue weighted by Gasteiger charge is -2.18. The van der Waals surface area contributed by atoms with E-state index in [0.717, 1.165) is 6.42 Å². The molecule has 4 nitrogen and oxygen atoms in total. The first-order valence-electron chi connectivity index (χ1n) is 5.42. The number of rotatable bonds is 3. The van der Waals surface area contributed by atoms with Crippen molar-refractivity contribution in [1.82, 2.24) is 5.32 Å². The fraction of sp³-hybridized carbons (Fsp3) is 0.500. The summed E-state index contributed by atoms with van der Waals surface area (Å²) in [5.41, 5.74) is -0.637. The third kappa shape index (κ3) is 5.49. The smallest absolute Gasteiger partial charge is 0.397 e. The molecule has 1 aromatic rings. The highest BCUT2D eigenvalue weighted by molar-refractivity contribution is 7.09. The fourth-order valence-corrected chi connectivity index (χ4v) is 1.86. The van der Waals surface area contributed by atoms with Crippen LogP contribution >= 0.6 is 11.3 Å². The van der Waals surface area contributed by atoms with Crippen molar-refractivity contribution in [3.63, 3.8) is 0 Å². The van der Waals surface area contributed by atoms with Gasteiger partial charge in [0.05, 0.1) is 0 Å². The van der Waals surface area contributed by atoms with Crippen LogP contribution in [0.5, 0.6) is 0 Å². The van der Waals surface area contributed by atoms with Gasteiger partial charge in [0.2, 0.25) is 0 Å². The summed E-state index contributed by atoms with van der Waals surface area (Å²) in [6.07, 6.45) is 0.728. The number of carbonyl (C=O) groups is 2. The number of ether oxygens (including phenoxy) is 1. The Bertz CT molecular complexity index is 379. The topological polar surface area (TPSA) is 55.4 Å². The Kier molecular flexibility index (Phi) is 4.69. The molecule has 1 N–H and O–H groups in total. The summed E-state index contributed by atoms with van der Waals surface area (Å²) in [7, 11) is 0. The second kappa shape index (κ2) is 5.82. The van der Waals surface area contributed by atoms with Gasteiger partial charge in [-0.05, 0) is 38.6 Å². The molecule has 1 rings (SSSR count). The molecule has 0 bridgehead atoms. The van der Waals surface area contributed by atoms with Crippen molar-refractivity contribution in [1.29, 1.82) is 0 Å². The Labute approximate surface area is 105 Å². The molecule has 0 aliphatic heterocycles. The molecule has 0 radical (unpaired) electrons. The third-order valence-electron chi connectivity index (χ3n) is 1.82. The Morgan fingerprint density at radius 2 is 2.12 bits per heavy atom. The molecular weight excluding hydrogens is 238 g/mol. The van der Waals surface area contributed by atoms with Crippen LogP contribution in [-0.2, 0) is 20.7 Å². The van der Waals surface area contributed by atoms with Crippen molar-refractivity contribution in [3.05, 3.63) is 22.4 Å². The maximum Gasteiger partial charge on any atom is 0.397 e. The van der Waals surface area contributed by atoms with Crippen LogP contribution in [0.1, 0.15) is 25.6 Å². The molecule has 0 saturated carbocycles. The number of amides is 1. The highest BCUT2D eigenvalue weighted by atomic mass is 32.1. The van der Waals surface area contributed by atoms with E-state index in [2.05, 4.69) is 5.32 Å². The molecule has 94 valence electrons. The summed E-state index contributed by atoms with van der Waals surface area (Å²) in [4.78, 5) is 23.9. The van der Waals surface area contributed by atoms with E-state index >= 15 is 0 Å². The Morgan fingerprint density at radius 1 is 1.41 bits per heavy atom. The SMILES string of the molecule is CC(C)(C)OC(=O)C(=O)NCCc1cccs1. The van der Waals surface area contributed by atoms with Crippen molar-refractivity contribution in [3.8, 4) is 0 Å². The van der Waals surface area contributed by atoms with Crippen molar-refractivity contribution in [2.45, 2.75) is 32.8 Å². The molecule has 1 amide bonds. The van der Waals surface area contributed by atoms with Crippen molar-refractivity contribution >= 4 is 23.2 Å². The second-order valence-electron chi connectivity index (χ2n) is 4.59. The van der Waals surface area contributed by atoms with E-state index in [9.17, 15) is 9.59 Å². The first-order valence-corrected chi connectivity index (χ1v) is 6.30. The van der Waals surface area contributed by atoms with Crippen LogP contribution in [0.25, 0.3) is 0 Å². The van der Waals surface area contributed by atoms with Gasteiger partial charge in [-0.3, -0.25) is 4.79 Å². The third-order valence-corrected chi connectivity index (χ3v) is 2.76. The summed E-state index contributed by atoms with van der Waals surface area (Å²) >= 11 is 1.63. The van der Waals surface area contributed by atoms with Crippen LogP contribution in [-0.4, -0.2) is 24.0 Å². The molecule has 0 aliphatic carbocycles. The van der Waals surface area contributed by atoms with Gasteiger partial charge in [0.15, 0.2) is 0 Å². The number of carbonyl (C=O) groups excluding carboxylic acids is 2. The molecule has 1 aromatic heterocycles. The predicted octanol–water partition coefficient (Wildman–Crippen LogP) is 1.75. The monoisotopic (exact) mass is 255 g/mol. The highest BCUT2D eigenvalue weighted by Gasteiger charge is 2.22. The highest BCUT2D eigenvalue weighted by Crippen LogP contribution is 2.08. The first-order chi connectivity index (χ1) is 7.88. The normalized spacial score (nSPS) is 11.0. The number of esters is 1. The second-order valence-corrected chi connectivity index (χ2v) is 5.62. The molecule has 0 spiro atoms. The molecular formula is C12H17NO3S. The van der Waals surface area contributed by atoms with Crippen molar-refractivity contribution in [2.24, 2.45) is 0 Å². The Morgan fingerprint density at radius 3 is 2.65 bits per heavy atom. The van der Waals surface area contributed by atoms with Gasteiger partial charge in [0.25, 0.3) is 0 Å². The first kappa shape index (κ1) is 13.7. The molecule has 1 heterocycles. The van der Waals surface area contributed by atoms with E-state index in [4.69, 9.17) is 4.74 Å². The Balaban J connectivity index is 2.27. The number of nitrogens with one attached hydrogen (secondary N) is 1. The molecule has 0 aliphatic rings. The van der Waals surface area contributed by atoms with E-state index in [-0.39, 0.29) is 0 Å². The van der Waals surface area contributed by atoms with Gasteiger partial charge in [-0.1, -0.05) is 6.07 Å². The van der Waals surface area contributed by atoms with Crippen LogP contribution in [0.2, 0.25) is 0 Å². The maximum absolute atomic E-state index is 11.4. The van der Waals surface area contributed by atoms with E-state index < -0.39 is 17.5 Å². The number of hydrogen-bond acceptors (Lipinski definition) is 4. The summed E-state index contributed by atoms with van der Waals surface area (Å²) < 4.78 is 4.94. The molecule has 0 atom stereocenters. The van der Waals surface area contributed by atoms with E-state index in [1.165, 1.54) is 4.88 Å². The molecule has 0 aromatic carbocycles. The van der Waals surface area contributed by atoms with E-state index in [0.29, 0.717) is 6.54 Å². The predicted molar refractivity (Wildman–Crippen MR) is 66.9 cm³/mol. The zero-order valence-electron chi connectivity index (χ0n) is 10.3. The quantitative estimate of drug-likeness (QED) is 0.661. The van der Waals surface area contributed by atoms with Gasteiger partial charge in [0, 0.05) is 11.4 Å². The minimum absolute atomic E-state index is 0.443. The van der Waals surface area contributed by atoms with Gasteiger partial charge in [-0.15, -0.1) is 11.3 Å². The average Bonchev–Trinajstić information content (AvgIpc) is 2.67. The minimum Gasteiger partial charge on any atom is -0.453 e. The zero-order valence-corrected chi connectivity index (χ0v) is 11.1.